The van der Waals surface area contributed by atoms with E-state index < -0.39 is 16.8 Å². The van der Waals surface area contributed by atoms with Gasteiger partial charge in [-0.1, -0.05) is 24.2 Å². The lowest BCUT2D eigenvalue weighted by Crippen LogP contribution is -2.10. The molecule has 8 heteroatoms. The molecule has 3 aromatic rings. The van der Waals surface area contributed by atoms with Crippen LogP contribution in [0.1, 0.15) is 23.1 Å². The molecule has 7 nitrogen and oxygen atoms in total. The van der Waals surface area contributed by atoms with Gasteiger partial charge in [-0.05, 0) is 36.4 Å². The maximum Gasteiger partial charge on any atom is 0.339 e. The molecular formula is C19H18N2O5S. The molecule has 1 aromatic heterocycles. The van der Waals surface area contributed by atoms with Gasteiger partial charge in [0.05, 0.1) is 28.4 Å². The van der Waals surface area contributed by atoms with E-state index in [1.807, 2.05) is 0 Å². The number of carbonyl (C=O) groups is 1. The number of esters is 1. The number of hydrogen-bond acceptors (Lipinski definition) is 7. The minimum absolute atomic E-state index is 0.147. The van der Waals surface area contributed by atoms with Gasteiger partial charge in [0.15, 0.2) is 6.61 Å². The van der Waals surface area contributed by atoms with Crippen LogP contribution < -0.4 is 4.74 Å². The number of aromatic nitrogens is 2. The van der Waals surface area contributed by atoms with E-state index in [9.17, 15) is 9.00 Å². The molecule has 0 saturated heterocycles. The summed E-state index contributed by atoms with van der Waals surface area (Å²) >= 11 is 0. The summed E-state index contributed by atoms with van der Waals surface area (Å²) in [7, 11) is 0.331. The molecule has 0 radical (unpaired) electrons. The van der Waals surface area contributed by atoms with E-state index in [-0.39, 0.29) is 18.0 Å². The Balaban J connectivity index is 1.68. The zero-order valence-electron chi connectivity index (χ0n) is 14.9. The predicted octanol–water partition coefficient (Wildman–Crippen LogP) is 3.23. The van der Waals surface area contributed by atoms with Gasteiger partial charge < -0.3 is 14.0 Å². The highest BCUT2D eigenvalue weighted by atomic mass is 32.2. The summed E-state index contributed by atoms with van der Waals surface area (Å²) < 4.78 is 27.6. The first-order valence-corrected chi connectivity index (χ1v) is 9.55. The van der Waals surface area contributed by atoms with E-state index in [4.69, 9.17) is 14.0 Å². The highest BCUT2D eigenvalue weighted by Crippen LogP contribution is 2.21. The second-order valence-corrected chi connectivity index (χ2v) is 7.16. The maximum atomic E-state index is 12.3. The first-order chi connectivity index (χ1) is 13.1. The fourth-order valence-corrected chi connectivity index (χ4v) is 3.30. The van der Waals surface area contributed by atoms with Gasteiger partial charge in [-0.2, -0.15) is 4.98 Å². The normalized spacial score (nSPS) is 11.8. The first-order valence-electron chi connectivity index (χ1n) is 8.24. The van der Waals surface area contributed by atoms with Crippen molar-refractivity contribution >= 4 is 16.8 Å². The summed E-state index contributed by atoms with van der Waals surface area (Å²) in [5.74, 6) is 1.11. The van der Waals surface area contributed by atoms with Gasteiger partial charge in [0.1, 0.15) is 5.75 Å². The van der Waals surface area contributed by atoms with Crippen molar-refractivity contribution in [2.75, 3.05) is 12.9 Å². The SMILES string of the molecule is CCS(=O)c1ccccc1C(=O)OCc1noc(-c2ccc(OC)cc2)n1. The van der Waals surface area contributed by atoms with Crippen molar-refractivity contribution < 1.29 is 23.0 Å². The summed E-state index contributed by atoms with van der Waals surface area (Å²) in [5, 5.41) is 3.82. The molecular weight excluding hydrogens is 368 g/mol. The second kappa shape index (κ2) is 8.59. The number of methoxy groups -OCH3 is 1. The van der Waals surface area contributed by atoms with Crippen molar-refractivity contribution in [3.63, 3.8) is 0 Å². The van der Waals surface area contributed by atoms with Gasteiger partial charge in [-0.25, -0.2) is 4.79 Å². The number of nitrogens with zero attached hydrogens (tertiary/aromatic N) is 2. The molecule has 0 saturated carbocycles. The Morgan fingerprint density at radius 2 is 1.89 bits per heavy atom. The van der Waals surface area contributed by atoms with Crippen LogP contribution in [0, 0.1) is 0 Å². The van der Waals surface area contributed by atoms with Crippen molar-refractivity contribution in [1.82, 2.24) is 10.1 Å². The molecule has 1 heterocycles. The maximum absolute atomic E-state index is 12.3. The van der Waals surface area contributed by atoms with Gasteiger partial charge in [-0.15, -0.1) is 0 Å². The molecule has 0 aliphatic rings. The summed E-state index contributed by atoms with van der Waals surface area (Å²) in [6, 6.07) is 13.8. The van der Waals surface area contributed by atoms with Crippen LogP contribution in [0.4, 0.5) is 0 Å². The fraction of sp³-hybridized carbons (Fsp3) is 0.211. The molecule has 140 valence electrons. The Hall–Kier alpha value is -3.00. The van der Waals surface area contributed by atoms with Crippen molar-refractivity contribution in [3.05, 3.63) is 59.9 Å². The first kappa shape index (κ1) is 18.8. The second-order valence-electron chi connectivity index (χ2n) is 5.45. The van der Waals surface area contributed by atoms with Crippen LogP contribution >= 0.6 is 0 Å². The van der Waals surface area contributed by atoms with Gasteiger partial charge >= 0.3 is 5.97 Å². The van der Waals surface area contributed by atoms with Gasteiger partial charge in [-0.3, -0.25) is 4.21 Å². The van der Waals surface area contributed by atoms with Crippen molar-refractivity contribution in [1.29, 1.82) is 0 Å². The van der Waals surface area contributed by atoms with Crippen LogP contribution in [0.25, 0.3) is 11.5 Å². The van der Waals surface area contributed by atoms with Gasteiger partial charge in [0.2, 0.25) is 5.82 Å². The lowest BCUT2D eigenvalue weighted by Gasteiger charge is -2.07. The Bertz CT molecular complexity index is 953. The molecule has 0 amide bonds. The molecule has 0 aliphatic heterocycles. The molecule has 0 bridgehead atoms. The summed E-state index contributed by atoms with van der Waals surface area (Å²) in [5.41, 5.74) is 1.00. The van der Waals surface area contributed by atoms with E-state index in [1.165, 1.54) is 0 Å². The topological polar surface area (TPSA) is 91.5 Å². The van der Waals surface area contributed by atoms with Crippen molar-refractivity contribution in [3.8, 4) is 17.2 Å². The minimum Gasteiger partial charge on any atom is -0.497 e. The van der Waals surface area contributed by atoms with Crippen LogP contribution in [0.3, 0.4) is 0 Å². The van der Waals surface area contributed by atoms with Crippen LogP contribution in [0.15, 0.2) is 57.9 Å². The molecule has 2 aromatic carbocycles. The van der Waals surface area contributed by atoms with Gasteiger partial charge in [0.25, 0.3) is 5.89 Å². The van der Waals surface area contributed by atoms with E-state index in [2.05, 4.69) is 10.1 Å². The number of hydrogen-bond donors (Lipinski definition) is 0. The average molecular weight is 386 g/mol. The fourth-order valence-electron chi connectivity index (χ4n) is 2.36. The van der Waals surface area contributed by atoms with Crippen LogP contribution in [-0.2, 0) is 22.1 Å². The third-order valence-corrected chi connectivity index (χ3v) is 5.12. The Kier molecular flexibility index (Phi) is 5.97. The zero-order chi connectivity index (χ0) is 19.2. The van der Waals surface area contributed by atoms with Crippen molar-refractivity contribution in [2.45, 2.75) is 18.4 Å². The molecule has 27 heavy (non-hydrogen) atoms. The zero-order valence-corrected chi connectivity index (χ0v) is 15.7. The highest BCUT2D eigenvalue weighted by molar-refractivity contribution is 7.85. The number of rotatable bonds is 7. The van der Waals surface area contributed by atoms with Crippen LogP contribution in [0.2, 0.25) is 0 Å². The molecule has 0 N–H and O–H groups in total. The smallest absolute Gasteiger partial charge is 0.339 e. The summed E-state index contributed by atoms with van der Waals surface area (Å²) in [6.45, 7) is 1.64. The summed E-state index contributed by atoms with van der Waals surface area (Å²) in [6.07, 6.45) is 0. The Morgan fingerprint density at radius 3 is 2.59 bits per heavy atom. The van der Waals surface area contributed by atoms with Crippen LogP contribution in [-0.4, -0.2) is 33.2 Å². The van der Waals surface area contributed by atoms with Gasteiger partial charge in [0, 0.05) is 11.3 Å². The van der Waals surface area contributed by atoms with E-state index in [0.29, 0.717) is 16.5 Å². The number of carbonyl (C=O) groups excluding carboxylic acids is 1. The highest BCUT2D eigenvalue weighted by Gasteiger charge is 2.17. The largest absolute Gasteiger partial charge is 0.497 e. The summed E-state index contributed by atoms with van der Waals surface area (Å²) in [4.78, 5) is 17.0. The molecule has 0 fully saturated rings. The predicted molar refractivity (Wildman–Crippen MR) is 98.8 cm³/mol. The molecule has 1 unspecified atom stereocenters. The standard InChI is InChI=1S/C19H18N2O5S/c1-3-27(23)16-7-5-4-6-15(16)19(22)25-12-17-20-18(26-21-17)13-8-10-14(24-2)11-9-13/h4-11H,3,12H2,1-2H3. The Morgan fingerprint density at radius 1 is 1.15 bits per heavy atom. The molecule has 0 aliphatic carbocycles. The van der Waals surface area contributed by atoms with E-state index in [1.54, 1.807) is 62.6 Å². The third kappa shape index (κ3) is 4.40. The Labute approximate surface area is 158 Å². The molecule has 0 spiro atoms. The van der Waals surface area contributed by atoms with Crippen LogP contribution in [0.5, 0.6) is 5.75 Å². The third-order valence-electron chi connectivity index (χ3n) is 3.75. The number of benzene rings is 2. The van der Waals surface area contributed by atoms with E-state index >= 15 is 0 Å². The molecule has 1 atom stereocenters. The average Bonchev–Trinajstić information content (AvgIpc) is 3.20. The number of ether oxygens (including phenoxy) is 2. The van der Waals surface area contributed by atoms with E-state index in [0.717, 1.165) is 11.3 Å². The minimum atomic E-state index is -1.26. The van der Waals surface area contributed by atoms with Crippen molar-refractivity contribution in [2.24, 2.45) is 0 Å². The lowest BCUT2D eigenvalue weighted by molar-refractivity contribution is 0.0455. The monoisotopic (exact) mass is 386 g/mol. The quantitative estimate of drug-likeness (QED) is 0.576. The lowest BCUT2D eigenvalue weighted by atomic mass is 10.2. The molecule has 3 rings (SSSR count).